The molecule has 138 valence electrons. The Morgan fingerprint density at radius 3 is 2.46 bits per heavy atom. The molecule has 0 amide bonds. The number of benzene rings is 2. The highest BCUT2D eigenvalue weighted by Crippen LogP contribution is 2.35. The summed E-state index contributed by atoms with van der Waals surface area (Å²) in [5.74, 6) is 1.71. The van der Waals surface area contributed by atoms with E-state index in [2.05, 4.69) is 57.2 Å². The zero-order valence-corrected chi connectivity index (χ0v) is 16.4. The molecule has 2 nitrogen and oxygen atoms in total. The van der Waals surface area contributed by atoms with E-state index in [0.717, 1.165) is 29.3 Å². The van der Waals surface area contributed by atoms with E-state index in [9.17, 15) is 0 Å². The van der Waals surface area contributed by atoms with Crippen molar-refractivity contribution in [2.45, 2.75) is 59.0 Å². The number of aliphatic imine (C=N–C) groups is 1. The number of hydrogen-bond donors (Lipinski definition) is 0. The maximum absolute atomic E-state index is 6.26. The first kappa shape index (κ1) is 18.7. The van der Waals surface area contributed by atoms with Crippen LogP contribution < -0.4 is 4.74 Å². The van der Waals surface area contributed by atoms with Gasteiger partial charge >= 0.3 is 0 Å². The Morgan fingerprint density at radius 1 is 1.04 bits per heavy atom. The van der Waals surface area contributed by atoms with Crippen molar-refractivity contribution in [3.63, 3.8) is 0 Å². The number of aryl methyl sites for hydroxylation is 1. The maximum Gasteiger partial charge on any atom is 0.136 e. The Hall–Kier alpha value is -2.09. The van der Waals surface area contributed by atoms with Crippen molar-refractivity contribution in [3.8, 4) is 16.9 Å². The van der Waals surface area contributed by atoms with Crippen LogP contribution in [-0.4, -0.2) is 18.9 Å². The first-order valence-electron chi connectivity index (χ1n) is 10.0. The van der Waals surface area contributed by atoms with Crippen LogP contribution >= 0.6 is 0 Å². The number of nitrogens with zero attached hydrogens (tertiary/aromatic N) is 1. The SMILES string of the molecule is Cc1ccc(-c2ccccc2)c(OC(C)C)c1/C=N/CC1CCCCC1. The molecule has 2 aromatic carbocycles. The summed E-state index contributed by atoms with van der Waals surface area (Å²) in [6.07, 6.45) is 8.96. The van der Waals surface area contributed by atoms with Crippen LogP contribution in [0.5, 0.6) is 5.75 Å². The van der Waals surface area contributed by atoms with Gasteiger partial charge in [-0.15, -0.1) is 0 Å². The standard InChI is InChI=1S/C24H31NO/c1-18(2)26-24-22(21-12-8-5-9-13-21)15-14-19(3)23(24)17-25-16-20-10-6-4-7-11-20/h5,8-9,12-15,17-18,20H,4,6-7,10-11,16H2,1-3H3/b25-17+. The molecule has 1 aliphatic carbocycles. The van der Waals surface area contributed by atoms with Crippen LogP contribution in [0.3, 0.4) is 0 Å². The van der Waals surface area contributed by atoms with Gasteiger partial charge in [-0.2, -0.15) is 0 Å². The van der Waals surface area contributed by atoms with Gasteiger partial charge in [-0.05, 0) is 50.7 Å². The van der Waals surface area contributed by atoms with Crippen LogP contribution in [0, 0.1) is 12.8 Å². The summed E-state index contributed by atoms with van der Waals surface area (Å²) >= 11 is 0. The largest absolute Gasteiger partial charge is 0.490 e. The fourth-order valence-electron chi connectivity index (χ4n) is 3.73. The van der Waals surface area contributed by atoms with Crippen molar-refractivity contribution in [3.05, 3.63) is 53.6 Å². The molecule has 0 bridgehead atoms. The van der Waals surface area contributed by atoms with Crippen LogP contribution in [0.25, 0.3) is 11.1 Å². The third-order valence-electron chi connectivity index (χ3n) is 5.16. The fourth-order valence-corrected chi connectivity index (χ4v) is 3.73. The molecule has 0 unspecified atom stereocenters. The smallest absolute Gasteiger partial charge is 0.136 e. The first-order valence-corrected chi connectivity index (χ1v) is 10.0. The molecule has 0 atom stereocenters. The minimum atomic E-state index is 0.129. The highest BCUT2D eigenvalue weighted by Gasteiger charge is 2.15. The third kappa shape index (κ3) is 4.75. The zero-order chi connectivity index (χ0) is 18.4. The number of ether oxygens (including phenoxy) is 1. The summed E-state index contributed by atoms with van der Waals surface area (Å²) in [5.41, 5.74) is 4.66. The van der Waals surface area contributed by atoms with Crippen molar-refractivity contribution in [2.75, 3.05) is 6.54 Å². The van der Waals surface area contributed by atoms with Gasteiger partial charge in [0.05, 0.1) is 6.10 Å². The van der Waals surface area contributed by atoms with Crippen molar-refractivity contribution < 1.29 is 4.74 Å². The maximum atomic E-state index is 6.26. The van der Waals surface area contributed by atoms with Crippen LogP contribution in [0.4, 0.5) is 0 Å². The van der Waals surface area contributed by atoms with E-state index in [1.165, 1.54) is 43.2 Å². The highest BCUT2D eigenvalue weighted by atomic mass is 16.5. The number of hydrogen-bond acceptors (Lipinski definition) is 2. The second kappa shape index (κ2) is 9.02. The molecule has 2 aromatic rings. The lowest BCUT2D eigenvalue weighted by atomic mass is 9.89. The molecule has 0 N–H and O–H groups in total. The number of rotatable bonds is 6. The minimum Gasteiger partial charge on any atom is -0.490 e. The predicted octanol–water partition coefficient (Wildman–Crippen LogP) is 6.45. The normalized spacial score (nSPS) is 15.7. The molecule has 0 heterocycles. The van der Waals surface area contributed by atoms with Crippen molar-refractivity contribution in [1.29, 1.82) is 0 Å². The highest BCUT2D eigenvalue weighted by molar-refractivity contribution is 5.90. The molecule has 0 aliphatic heterocycles. The Kier molecular flexibility index (Phi) is 6.49. The molecule has 0 saturated heterocycles. The second-order valence-electron chi connectivity index (χ2n) is 7.70. The van der Waals surface area contributed by atoms with Gasteiger partial charge in [0.2, 0.25) is 0 Å². The Bertz CT molecular complexity index is 727. The third-order valence-corrected chi connectivity index (χ3v) is 5.16. The lowest BCUT2D eigenvalue weighted by Crippen LogP contribution is -2.11. The van der Waals surface area contributed by atoms with E-state index in [1.807, 2.05) is 12.3 Å². The molecule has 26 heavy (non-hydrogen) atoms. The molecule has 0 spiro atoms. The fraction of sp³-hybridized carbons (Fsp3) is 0.458. The molecular formula is C24H31NO. The average molecular weight is 350 g/mol. The molecule has 3 rings (SSSR count). The van der Waals surface area contributed by atoms with Crippen molar-refractivity contribution >= 4 is 6.21 Å². The molecule has 1 fully saturated rings. The van der Waals surface area contributed by atoms with Crippen LogP contribution in [0.15, 0.2) is 47.5 Å². The van der Waals surface area contributed by atoms with Crippen LogP contribution in [0.1, 0.15) is 57.1 Å². The molecule has 2 heteroatoms. The topological polar surface area (TPSA) is 21.6 Å². The van der Waals surface area contributed by atoms with Gasteiger partial charge in [-0.3, -0.25) is 4.99 Å². The lowest BCUT2D eigenvalue weighted by Gasteiger charge is -2.20. The van der Waals surface area contributed by atoms with E-state index in [0.29, 0.717) is 0 Å². The Morgan fingerprint density at radius 2 is 1.77 bits per heavy atom. The molecule has 1 saturated carbocycles. The van der Waals surface area contributed by atoms with E-state index < -0.39 is 0 Å². The Balaban J connectivity index is 1.91. The molecule has 0 radical (unpaired) electrons. The van der Waals surface area contributed by atoms with Gasteiger partial charge in [0.15, 0.2) is 0 Å². The van der Waals surface area contributed by atoms with Crippen molar-refractivity contribution in [2.24, 2.45) is 10.9 Å². The van der Waals surface area contributed by atoms with Gasteiger partial charge < -0.3 is 4.74 Å². The van der Waals surface area contributed by atoms with E-state index in [4.69, 9.17) is 9.73 Å². The van der Waals surface area contributed by atoms with Crippen molar-refractivity contribution in [1.82, 2.24) is 0 Å². The summed E-state index contributed by atoms with van der Waals surface area (Å²) in [4.78, 5) is 4.82. The van der Waals surface area contributed by atoms with Gasteiger partial charge in [-0.25, -0.2) is 0 Å². The summed E-state index contributed by atoms with van der Waals surface area (Å²) in [5, 5.41) is 0. The van der Waals surface area contributed by atoms with Crippen LogP contribution in [0.2, 0.25) is 0 Å². The van der Waals surface area contributed by atoms with Gasteiger partial charge in [0.1, 0.15) is 5.75 Å². The van der Waals surface area contributed by atoms with E-state index in [-0.39, 0.29) is 6.10 Å². The zero-order valence-electron chi connectivity index (χ0n) is 16.4. The second-order valence-corrected chi connectivity index (χ2v) is 7.70. The average Bonchev–Trinajstić information content (AvgIpc) is 2.65. The summed E-state index contributed by atoms with van der Waals surface area (Å²) in [7, 11) is 0. The quantitative estimate of drug-likeness (QED) is 0.549. The summed E-state index contributed by atoms with van der Waals surface area (Å²) < 4.78 is 6.26. The minimum absolute atomic E-state index is 0.129. The van der Waals surface area contributed by atoms with Gasteiger partial charge in [0, 0.05) is 23.9 Å². The van der Waals surface area contributed by atoms with Gasteiger partial charge in [0.25, 0.3) is 0 Å². The summed E-state index contributed by atoms with van der Waals surface area (Å²) in [6, 6.07) is 14.8. The van der Waals surface area contributed by atoms with E-state index in [1.54, 1.807) is 0 Å². The Labute approximate surface area is 158 Å². The molecule has 1 aliphatic rings. The first-order chi connectivity index (χ1) is 12.6. The summed E-state index contributed by atoms with van der Waals surface area (Å²) in [6.45, 7) is 7.25. The van der Waals surface area contributed by atoms with E-state index >= 15 is 0 Å². The predicted molar refractivity (Wildman–Crippen MR) is 111 cm³/mol. The monoisotopic (exact) mass is 349 g/mol. The molecular weight excluding hydrogens is 318 g/mol. The molecule has 0 aromatic heterocycles. The van der Waals surface area contributed by atoms with Gasteiger partial charge in [-0.1, -0.05) is 61.7 Å². The van der Waals surface area contributed by atoms with Crippen LogP contribution in [-0.2, 0) is 0 Å². The lowest BCUT2D eigenvalue weighted by molar-refractivity contribution is 0.243.